The van der Waals surface area contributed by atoms with Gasteiger partial charge in [-0.3, -0.25) is 0 Å². The van der Waals surface area contributed by atoms with Crippen LogP contribution in [0.3, 0.4) is 0 Å². The van der Waals surface area contributed by atoms with E-state index in [4.69, 9.17) is 16.3 Å². The number of hydrogen-bond acceptors (Lipinski definition) is 6. The fourth-order valence-electron chi connectivity index (χ4n) is 2.53. The van der Waals surface area contributed by atoms with Crippen molar-refractivity contribution >= 4 is 40.6 Å². The van der Waals surface area contributed by atoms with Crippen LogP contribution in [0.5, 0.6) is 0 Å². The monoisotopic (exact) mass is 382 g/mol. The molecule has 0 saturated carbocycles. The van der Waals surface area contributed by atoms with Crippen LogP contribution >= 0.6 is 11.6 Å². The molecule has 0 spiro atoms. The van der Waals surface area contributed by atoms with Crippen LogP contribution in [0.4, 0.5) is 23.0 Å². The second-order valence-corrected chi connectivity index (χ2v) is 6.34. The number of carbonyl (C=O) groups is 1. The molecule has 0 radical (unpaired) electrons. The van der Waals surface area contributed by atoms with Gasteiger partial charge in [0.2, 0.25) is 0 Å². The molecule has 1 heterocycles. The molecule has 0 amide bonds. The standard InChI is InChI=1S/C20H19ClN4O2/c1-12-8-9-14(10-16(12)21)24-18-11-19(23-13(2)22-18)25-17-7-5-4-6-15(17)20(26)27-3/h4-11H,1-3H3,(H2,22,23,24,25). The zero-order chi connectivity index (χ0) is 19.4. The van der Waals surface area contributed by atoms with E-state index >= 15 is 0 Å². The average molecular weight is 383 g/mol. The first-order chi connectivity index (χ1) is 13.0. The molecule has 6 nitrogen and oxygen atoms in total. The van der Waals surface area contributed by atoms with Crippen LogP contribution in [0.1, 0.15) is 21.7 Å². The Bertz CT molecular complexity index is 991. The van der Waals surface area contributed by atoms with E-state index in [-0.39, 0.29) is 0 Å². The van der Waals surface area contributed by atoms with Gasteiger partial charge in [0.1, 0.15) is 17.5 Å². The van der Waals surface area contributed by atoms with Crippen LogP contribution in [0.25, 0.3) is 0 Å². The fraction of sp³-hybridized carbons (Fsp3) is 0.150. The van der Waals surface area contributed by atoms with E-state index < -0.39 is 5.97 Å². The number of benzene rings is 2. The van der Waals surface area contributed by atoms with E-state index in [1.165, 1.54) is 7.11 Å². The highest BCUT2D eigenvalue weighted by Crippen LogP contribution is 2.25. The van der Waals surface area contributed by atoms with Crippen molar-refractivity contribution in [2.75, 3.05) is 17.7 Å². The van der Waals surface area contributed by atoms with Gasteiger partial charge in [-0.2, -0.15) is 0 Å². The van der Waals surface area contributed by atoms with E-state index in [0.29, 0.717) is 33.7 Å². The Labute approximate surface area is 162 Å². The number of hydrogen-bond donors (Lipinski definition) is 2. The van der Waals surface area contributed by atoms with E-state index in [0.717, 1.165) is 11.3 Å². The Hall–Kier alpha value is -3.12. The lowest BCUT2D eigenvalue weighted by Crippen LogP contribution is -2.07. The van der Waals surface area contributed by atoms with Gasteiger partial charge < -0.3 is 15.4 Å². The highest BCUT2D eigenvalue weighted by Gasteiger charge is 2.12. The first-order valence-electron chi connectivity index (χ1n) is 8.29. The molecule has 0 aliphatic rings. The molecule has 0 aliphatic heterocycles. The number of rotatable bonds is 5. The minimum absolute atomic E-state index is 0.420. The smallest absolute Gasteiger partial charge is 0.339 e. The molecule has 0 bridgehead atoms. The molecule has 3 rings (SSSR count). The van der Waals surface area contributed by atoms with Crippen molar-refractivity contribution < 1.29 is 9.53 Å². The molecule has 2 aromatic carbocycles. The van der Waals surface area contributed by atoms with Crippen molar-refractivity contribution in [1.29, 1.82) is 0 Å². The quantitative estimate of drug-likeness (QED) is 0.603. The topological polar surface area (TPSA) is 76.1 Å². The number of anilines is 4. The number of esters is 1. The molecule has 7 heteroatoms. The molecule has 0 atom stereocenters. The van der Waals surface area contributed by atoms with Gasteiger partial charge in [0.15, 0.2) is 0 Å². The molecule has 2 N–H and O–H groups in total. The van der Waals surface area contributed by atoms with Gasteiger partial charge in [-0.15, -0.1) is 0 Å². The lowest BCUT2D eigenvalue weighted by molar-refractivity contribution is 0.0602. The highest BCUT2D eigenvalue weighted by atomic mass is 35.5. The number of halogens is 1. The summed E-state index contributed by atoms with van der Waals surface area (Å²) in [6, 6.07) is 14.5. The molecular formula is C20H19ClN4O2. The molecule has 138 valence electrons. The molecule has 3 aromatic rings. The lowest BCUT2D eigenvalue weighted by atomic mass is 10.2. The molecule has 0 fully saturated rings. The minimum atomic E-state index is -0.420. The van der Waals surface area contributed by atoms with Gasteiger partial charge in [-0.1, -0.05) is 29.8 Å². The number of ether oxygens (including phenoxy) is 1. The van der Waals surface area contributed by atoms with Gasteiger partial charge in [0.25, 0.3) is 0 Å². The SMILES string of the molecule is COC(=O)c1ccccc1Nc1cc(Nc2ccc(C)c(Cl)c2)nc(C)n1. The van der Waals surface area contributed by atoms with Crippen molar-refractivity contribution in [2.24, 2.45) is 0 Å². The second-order valence-electron chi connectivity index (χ2n) is 5.94. The summed E-state index contributed by atoms with van der Waals surface area (Å²) in [4.78, 5) is 20.7. The Morgan fingerprint density at radius 2 is 1.70 bits per heavy atom. The molecule has 27 heavy (non-hydrogen) atoms. The summed E-state index contributed by atoms with van der Waals surface area (Å²) < 4.78 is 4.83. The van der Waals surface area contributed by atoms with Crippen molar-refractivity contribution in [1.82, 2.24) is 9.97 Å². The van der Waals surface area contributed by atoms with E-state index in [1.807, 2.05) is 31.2 Å². The van der Waals surface area contributed by atoms with Crippen LogP contribution in [-0.2, 0) is 4.74 Å². The van der Waals surface area contributed by atoms with Crippen molar-refractivity contribution in [3.8, 4) is 0 Å². The lowest BCUT2D eigenvalue weighted by Gasteiger charge is -2.13. The largest absolute Gasteiger partial charge is 0.465 e. The van der Waals surface area contributed by atoms with Gasteiger partial charge in [0, 0.05) is 16.8 Å². The summed E-state index contributed by atoms with van der Waals surface area (Å²) >= 11 is 6.18. The van der Waals surface area contributed by atoms with Gasteiger partial charge >= 0.3 is 5.97 Å². The van der Waals surface area contributed by atoms with E-state index in [2.05, 4.69) is 20.6 Å². The highest BCUT2D eigenvalue weighted by molar-refractivity contribution is 6.31. The predicted octanol–water partition coefficient (Wildman–Crippen LogP) is 5.02. The van der Waals surface area contributed by atoms with Crippen LogP contribution in [0.15, 0.2) is 48.5 Å². The van der Waals surface area contributed by atoms with Crippen LogP contribution in [0, 0.1) is 13.8 Å². The van der Waals surface area contributed by atoms with Gasteiger partial charge in [-0.05, 0) is 43.7 Å². The summed E-state index contributed by atoms with van der Waals surface area (Å²) in [6.07, 6.45) is 0. The molecule has 0 unspecified atom stereocenters. The number of aryl methyl sites for hydroxylation is 2. The van der Waals surface area contributed by atoms with Gasteiger partial charge in [-0.25, -0.2) is 14.8 Å². The zero-order valence-electron chi connectivity index (χ0n) is 15.2. The third-order valence-electron chi connectivity index (χ3n) is 3.88. The maximum Gasteiger partial charge on any atom is 0.339 e. The molecule has 0 saturated heterocycles. The third kappa shape index (κ3) is 4.54. The van der Waals surface area contributed by atoms with Crippen molar-refractivity contribution in [2.45, 2.75) is 13.8 Å². The zero-order valence-corrected chi connectivity index (χ0v) is 16.0. The Kier molecular flexibility index (Phi) is 5.57. The first-order valence-corrected chi connectivity index (χ1v) is 8.67. The predicted molar refractivity (Wildman–Crippen MR) is 107 cm³/mol. The van der Waals surface area contributed by atoms with E-state index in [9.17, 15) is 4.79 Å². The Morgan fingerprint density at radius 3 is 2.41 bits per heavy atom. The van der Waals surface area contributed by atoms with Crippen LogP contribution < -0.4 is 10.6 Å². The van der Waals surface area contributed by atoms with Crippen molar-refractivity contribution in [3.63, 3.8) is 0 Å². The fourth-order valence-corrected chi connectivity index (χ4v) is 2.71. The number of methoxy groups -OCH3 is 1. The summed E-state index contributed by atoms with van der Waals surface area (Å²) in [6.45, 7) is 3.74. The summed E-state index contributed by atoms with van der Waals surface area (Å²) in [5.41, 5.74) is 2.86. The number of para-hydroxylation sites is 1. The maximum absolute atomic E-state index is 11.9. The van der Waals surface area contributed by atoms with Crippen LogP contribution in [0.2, 0.25) is 5.02 Å². The summed E-state index contributed by atoms with van der Waals surface area (Å²) in [7, 11) is 1.35. The van der Waals surface area contributed by atoms with Crippen LogP contribution in [-0.4, -0.2) is 23.0 Å². The Morgan fingerprint density at radius 1 is 1.00 bits per heavy atom. The number of carbonyl (C=O) groups excluding carboxylic acids is 1. The normalized spacial score (nSPS) is 10.4. The minimum Gasteiger partial charge on any atom is -0.465 e. The first kappa shape index (κ1) is 18.7. The molecular weight excluding hydrogens is 364 g/mol. The molecule has 0 aliphatic carbocycles. The average Bonchev–Trinajstić information content (AvgIpc) is 2.64. The number of nitrogens with zero attached hydrogens (tertiary/aromatic N) is 2. The number of nitrogens with one attached hydrogen (secondary N) is 2. The maximum atomic E-state index is 11.9. The Balaban J connectivity index is 1.88. The second kappa shape index (κ2) is 8.05. The number of aromatic nitrogens is 2. The molecule has 1 aromatic heterocycles. The van der Waals surface area contributed by atoms with Crippen molar-refractivity contribution in [3.05, 3.63) is 70.5 Å². The summed E-state index contributed by atoms with van der Waals surface area (Å²) in [5, 5.41) is 7.05. The van der Waals surface area contributed by atoms with E-state index in [1.54, 1.807) is 31.2 Å². The summed E-state index contributed by atoms with van der Waals surface area (Å²) in [5.74, 6) is 1.33. The third-order valence-corrected chi connectivity index (χ3v) is 4.28. The van der Waals surface area contributed by atoms with Gasteiger partial charge in [0.05, 0.1) is 18.4 Å².